The Kier molecular flexibility index (Phi) is 7.19. The SMILES string of the molecule is CC(C)(C)c1ccc(Nc2nc(Nc3ccc(OC4CCCCC4)cc3)ncc2C(F)(F)F)cc1. The molecule has 0 radical (unpaired) electrons. The second kappa shape index (κ2) is 10.1. The van der Waals surface area contributed by atoms with Crippen LogP contribution in [0.2, 0.25) is 0 Å². The van der Waals surface area contributed by atoms with Gasteiger partial charge < -0.3 is 15.4 Å². The summed E-state index contributed by atoms with van der Waals surface area (Å²) in [6.45, 7) is 6.23. The molecule has 0 amide bonds. The lowest BCUT2D eigenvalue weighted by molar-refractivity contribution is -0.137. The number of hydrogen-bond donors (Lipinski definition) is 2. The van der Waals surface area contributed by atoms with Crippen molar-refractivity contribution in [3.05, 3.63) is 65.9 Å². The fourth-order valence-corrected chi connectivity index (χ4v) is 4.06. The topological polar surface area (TPSA) is 59.1 Å². The van der Waals surface area contributed by atoms with Gasteiger partial charge in [0.05, 0.1) is 6.10 Å². The third-order valence-corrected chi connectivity index (χ3v) is 6.07. The predicted molar refractivity (Wildman–Crippen MR) is 133 cm³/mol. The molecule has 0 spiro atoms. The zero-order chi connectivity index (χ0) is 25.1. The molecule has 3 aromatic rings. The van der Waals surface area contributed by atoms with Crippen LogP contribution in [-0.4, -0.2) is 16.1 Å². The molecule has 8 heteroatoms. The van der Waals surface area contributed by atoms with Crippen LogP contribution in [0.25, 0.3) is 0 Å². The van der Waals surface area contributed by atoms with E-state index in [2.05, 4.69) is 41.4 Å². The van der Waals surface area contributed by atoms with Gasteiger partial charge in [-0.2, -0.15) is 18.2 Å². The summed E-state index contributed by atoms with van der Waals surface area (Å²) in [6.07, 6.45) is 2.20. The van der Waals surface area contributed by atoms with Crippen LogP contribution in [-0.2, 0) is 11.6 Å². The summed E-state index contributed by atoms with van der Waals surface area (Å²) >= 11 is 0. The first-order valence-electron chi connectivity index (χ1n) is 11.9. The van der Waals surface area contributed by atoms with E-state index >= 15 is 0 Å². The van der Waals surface area contributed by atoms with Crippen LogP contribution in [0, 0.1) is 0 Å². The summed E-state index contributed by atoms with van der Waals surface area (Å²) < 4.78 is 46.9. The smallest absolute Gasteiger partial charge is 0.421 e. The van der Waals surface area contributed by atoms with Crippen LogP contribution < -0.4 is 15.4 Å². The molecule has 0 aliphatic heterocycles. The Morgan fingerprint density at radius 1 is 0.829 bits per heavy atom. The Labute approximate surface area is 204 Å². The highest BCUT2D eigenvalue weighted by Gasteiger charge is 2.35. The van der Waals surface area contributed by atoms with E-state index in [0.717, 1.165) is 30.4 Å². The summed E-state index contributed by atoms with van der Waals surface area (Å²) in [6, 6.07) is 14.6. The third-order valence-electron chi connectivity index (χ3n) is 6.07. The molecule has 0 saturated heterocycles. The van der Waals surface area contributed by atoms with Crippen molar-refractivity contribution in [1.82, 2.24) is 9.97 Å². The van der Waals surface area contributed by atoms with Gasteiger partial charge in [0.2, 0.25) is 5.95 Å². The maximum atomic E-state index is 13.6. The van der Waals surface area contributed by atoms with Gasteiger partial charge in [-0.25, -0.2) is 4.98 Å². The summed E-state index contributed by atoms with van der Waals surface area (Å²) in [4.78, 5) is 8.02. The minimum Gasteiger partial charge on any atom is -0.490 e. The molecule has 1 saturated carbocycles. The highest BCUT2D eigenvalue weighted by atomic mass is 19.4. The van der Waals surface area contributed by atoms with Crippen molar-refractivity contribution in [2.45, 2.75) is 70.6 Å². The molecule has 2 N–H and O–H groups in total. The fraction of sp³-hybridized carbons (Fsp3) is 0.407. The number of anilines is 4. The van der Waals surface area contributed by atoms with Gasteiger partial charge in [-0.1, -0.05) is 39.3 Å². The average molecular weight is 485 g/mol. The highest BCUT2D eigenvalue weighted by molar-refractivity contribution is 5.63. The molecule has 186 valence electrons. The molecule has 0 atom stereocenters. The first-order chi connectivity index (χ1) is 16.6. The largest absolute Gasteiger partial charge is 0.490 e. The number of hydrogen-bond acceptors (Lipinski definition) is 5. The van der Waals surface area contributed by atoms with E-state index in [-0.39, 0.29) is 23.3 Å². The summed E-state index contributed by atoms with van der Waals surface area (Å²) in [5, 5.41) is 5.79. The lowest BCUT2D eigenvalue weighted by atomic mass is 9.87. The number of nitrogens with zero attached hydrogens (tertiary/aromatic N) is 2. The number of alkyl halides is 3. The van der Waals surface area contributed by atoms with Gasteiger partial charge in [-0.15, -0.1) is 0 Å². The minimum absolute atomic E-state index is 0.0569. The van der Waals surface area contributed by atoms with Gasteiger partial charge in [0.1, 0.15) is 17.1 Å². The van der Waals surface area contributed by atoms with Gasteiger partial charge in [0.15, 0.2) is 0 Å². The van der Waals surface area contributed by atoms with E-state index in [1.807, 2.05) is 24.3 Å². The Hall–Kier alpha value is -3.29. The summed E-state index contributed by atoms with van der Waals surface area (Å²) in [5.74, 6) is 0.528. The normalized spacial score (nSPS) is 15.0. The lowest BCUT2D eigenvalue weighted by Gasteiger charge is -2.23. The quantitative estimate of drug-likeness (QED) is 0.371. The van der Waals surface area contributed by atoms with Crippen LogP contribution in [0.3, 0.4) is 0 Å². The molecule has 2 aromatic carbocycles. The Balaban J connectivity index is 1.50. The van der Waals surface area contributed by atoms with Crippen LogP contribution in [0.5, 0.6) is 5.75 Å². The molecule has 1 heterocycles. The van der Waals surface area contributed by atoms with Crippen molar-refractivity contribution in [2.24, 2.45) is 0 Å². The van der Waals surface area contributed by atoms with Crippen LogP contribution in [0.1, 0.15) is 64.0 Å². The number of nitrogens with one attached hydrogen (secondary N) is 2. The second-order valence-corrected chi connectivity index (χ2v) is 9.93. The van der Waals surface area contributed by atoms with Crippen molar-refractivity contribution in [3.63, 3.8) is 0 Å². The number of aromatic nitrogens is 2. The fourth-order valence-electron chi connectivity index (χ4n) is 4.06. The maximum Gasteiger partial charge on any atom is 0.421 e. The average Bonchev–Trinajstić information content (AvgIpc) is 2.80. The van der Waals surface area contributed by atoms with E-state index < -0.39 is 11.7 Å². The molecule has 5 nitrogen and oxygen atoms in total. The monoisotopic (exact) mass is 484 g/mol. The van der Waals surface area contributed by atoms with Crippen molar-refractivity contribution in [3.8, 4) is 5.75 Å². The molecular weight excluding hydrogens is 453 g/mol. The van der Waals surface area contributed by atoms with Gasteiger partial charge in [-0.3, -0.25) is 0 Å². The van der Waals surface area contributed by atoms with Crippen LogP contribution in [0.15, 0.2) is 54.7 Å². The van der Waals surface area contributed by atoms with Crippen molar-refractivity contribution in [2.75, 3.05) is 10.6 Å². The molecule has 1 aromatic heterocycles. The van der Waals surface area contributed by atoms with Gasteiger partial charge in [0.25, 0.3) is 0 Å². The van der Waals surface area contributed by atoms with E-state index in [4.69, 9.17) is 4.74 Å². The number of benzene rings is 2. The van der Waals surface area contributed by atoms with Gasteiger partial charge in [-0.05, 0) is 73.1 Å². The number of ether oxygens (including phenoxy) is 1. The summed E-state index contributed by atoms with van der Waals surface area (Å²) in [5.41, 5.74) is 1.26. The zero-order valence-corrected chi connectivity index (χ0v) is 20.2. The lowest BCUT2D eigenvalue weighted by Crippen LogP contribution is -2.19. The highest BCUT2D eigenvalue weighted by Crippen LogP contribution is 2.36. The molecule has 1 fully saturated rings. The van der Waals surface area contributed by atoms with E-state index in [1.165, 1.54) is 19.3 Å². The minimum atomic E-state index is -4.59. The predicted octanol–water partition coefficient (Wildman–Crippen LogP) is 7.99. The molecule has 4 rings (SSSR count). The molecular formula is C27H31F3N4O. The molecule has 35 heavy (non-hydrogen) atoms. The molecule has 1 aliphatic rings. The third kappa shape index (κ3) is 6.65. The van der Waals surface area contributed by atoms with Crippen molar-refractivity contribution in [1.29, 1.82) is 0 Å². The Morgan fingerprint density at radius 2 is 1.43 bits per heavy atom. The van der Waals surface area contributed by atoms with Gasteiger partial charge in [0, 0.05) is 17.6 Å². The first-order valence-corrected chi connectivity index (χ1v) is 11.9. The number of rotatable bonds is 6. The van der Waals surface area contributed by atoms with Crippen LogP contribution >= 0.6 is 0 Å². The molecule has 0 unspecified atom stereocenters. The zero-order valence-electron chi connectivity index (χ0n) is 20.2. The standard InChI is InChI=1S/C27H31F3N4O/c1-26(2,3)18-9-11-19(12-10-18)32-24-23(27(28,29)30)17-31-25(34-24)33-20-13-15-22(16-14-20)35-21-7-5-4-6-8-21/h9-17,21H,4-8H2,1-3H3,(H2,31,32,33,34). The van der Waals surface area contributed by atoms with E-state index in [0.29, 0.717) is 11.4 Å². The second-order valence-electron chi connectivity index (χ2n) is 9.93. The first kappa shape index (κ1) is 24.8. The van der Waals surface area contributed by atoms with Crippen LogP contribution in [0.4, 0.5) is 36.3 Å². The molecule has 0 bridgehead atoms. The van der Waals surface area contributed by atoms with Crippen molar-refractivity contribution >= 4 is 23.1 Å². The van der Waals surface area contributed by atoms with E-state index in [9.17, 15) is 13.2 Å². The van der Waals surface area contributed by atoms with Crippen molar-refractivity contribution < 1.29 is 17.9 Å². The number of halogens is 3. The Morgan fingerprint density at radius 3 is 2.03 bits per heavy atom. The van der Waals surface area contributed by atoms with E-state index in [1.54, 1.807) is 24.3 Å². The maximum absolute atomic E-state index is 13.6. The molecule has 1 aliphatic carbocycles. The van der Waals surface area contributed by atoms with Gasteiger partial charge >= 0.3 is 6.18 Å². The Bertz CT molecular complexity index is 1120. The summed E-state index contributed by atoms with van der Waals surface area (Å²) in [7, 11) is 0.